The zero-order valence-corrected chi connectivity index (χ0v) is 14.7. The number of rotatable bonds is 4. The maximum atomic E-state index is 12.7. The van der Waals surface area contributed by atoms with Gasteiger partial charge in [0.2, 0.25) is 0 Å². The van der Waals surface area contributed by atoms with Gasteiger partial charge in [0.05, 0.1) is 16.9 Å². The lowest BCUT2D eigenvalue weighted by Gasteiger charge is -2.33. The van der Waals surface area contributed by atoms with Crippen molar-refractivity contribution < 1.29 is 14.7 Å². The number of nitrogens with zero attached hydrogens (tertiary/aromatic N) is 2. The first-order chi connectivity index (χ1) is 11.9. The third-order valence-electron chi connectivity index (χ3n) is 4.70. The summed E-state index contributed by atoms with van der Waals surface area (Å²) in [4.78, 5) is 24.4. The lowest BCUT2D eigenvalue weighted by atomic mass is 9.81. The van der Waals surface area contributed by atoms with Crippen molar-refractivity contribution >= 4 is 23.5 Å². The fourth-order valence-electron chi connectivity index (χ4n) is 3.24. The van der Waals surface area contributed by atoms with E-state index < -0.39 is 17.4 Å². The zero-order chi connectivity index (χ0) is 18.0. The van der Waals surface area contributed by atoms with Gasteiger partial charge in [-0.2, -0.15) is 5.10 Å². The van der Waals surface area contributed by atoms with Crippen LogP contribution in [0, 0.1) is 6.92 Å². The van der Waals surface area contributed by atoms with E-state index in [1.807, 2.05) is 0 Å². The van der Waals surface area contributed by atoms with E-state index >= 15 is 0 Å². The van der Waals surface area contributed by atoms with Crippen molar-refractivity contribution in [3.63, 3.8) is 0 Å². The van der Waals surface area contributed by atoms with Gasteiger partial charge >= 0.3 is 5.97 Å². The number of carboxylic acids is 1. The second-order valence-corrected chi connectivity index (χ2v) is 6.89. The van der Waals surface area contributed by atoms with Gasteiger partial charge in [0, 0.05) is 11.2 Å². The monoisotopic (exact) mass is 361 g/mol. The third-order valence-corrected chi connectivity index (χ3v) is 4.96. The first-order valence-electron chi connectivity index (χ1n) is 8.29. The highest BCUT2D eigenvalue weighted by Crippen LogP contribution is 2.29. The Hall–Kier alpha value is -2.34. The smallest absolute Gasteiger partial charge is 0.329 e. The number of aliphatic carboxylic acids is 1. The van der Waals surface area contributed by atoms with E-state index in [0.717, 1.165) is 24.9 Å². The molecule has 1 heterocycles. The Morgan fingerprint density at radius 3 is 2.44 bits per heavy atom. The molecule has 6 nitrogen and oxygen atoms in total. The van der Waals surface area contributed by atoms with E-state index in [0.29, 0.717) is 29.1 Å². The highest BCUT2D eigenvalue weighted by atomic mass is 35.5. The topological polar surface area (TPSA) is 84.2 Å². The van der Waals surface area contributed by atoms with Gasteiger partial charge in [-0.1, -0.05) is 30.9 Å². The van der Waals surface area contributed by atoms with Crippen LogP contribution in [-0.2, 0) is 4.79 Å². The van der Waals surface area contributed by atoms with E-state index in [2.05, 4.69) is 10.4 Å². The van der Waals surface area contributed by atoms with Crippen LogP contribution in [0.5, 0.6) is 0 Å². The molecule has 1 saturated carbocycles. The number of nitrogens with one attached hydrogen (secondary N) is 1. The van der Waals surface area contributed by atoms with Crippen molar-refractivity contribution in [2.45, 2.75) is 44.6 Å². The highest BCUT2D eigenvalue weighted by molar-refractivity contribution is 6.30. The average Bonchev–Trinajstić information content (AvgIpc) is 2.98. The molecule has 0 aliphatic heterocycles. The van der Waals surface area contributed by atoms with Crippen molar-refractivity contribution in [2.24, 2.45) is 0 Å². The first-order valence-corrected chi connectivity index (χ1v) is 8.67. The van der Waals surface area contributed by atoms with Crippen LogP contribution >= 0.6 is 11.6 Å². The summed E-state index contributed by atoms with van der Waals surface area (Å²) in [6, 6.07) is 7.09. The third kappa shape index (κ3) is 3.54. The summed E-state index contributed by atoms with van der Waals surface area (Å²) in [6.07, 6.45) is 5.13. The van der Waals surface area contributed by atoms with E-state index in [1.54, 1.807) is 42.1 Å². The Morgan fingerprint density at radius 2 is 1.84 bits per heavy atom. The molecular formula is C18H20ClN3O3. The molecule has 132 valence electrons. The summed E-state index contributed by atoms with van der Waals surface area (Å²) in [5, 5.41) is 17.3. The Morgan fingerprint density at radius 1 is 1.20 bits per heavy atom. The quantitative estimate of drug-likeness (QED) is 0.874. The largest absolute Gasteiger partial charge is 0.480 e. The second-order valence-electron chi connectivity index (χ2n) is 6.45. The average molecular weight is 362 g/mol. The van der Waals surface area contributed by atoms with Crippen LogP contribution in [0.3, 0.4) is 0 Å². The SMILES string of the molecule is Cc1nn(-c2ccc(Cl)cc2)cc1C(=O)NC1(C(=O)O)CCCCC1. The number of aromatic nitrogens is 2. The van der Waals surface area contributed by atoms with Crippen molar-refractivity contribution in [2.75, 3.05) is 0 Å². The van der Waals surface area contributed by atoms with Crippen LogP contribution in [0.1, 0.15) is 48.2 Å². The highest BCUT2D eigenvalue weighted by Gasteiger charge is 2.41. The van der Waals surface area contributed by atoms with Gasteiger partial charge in [-0.15, -0.1) is 0 Å². The predicted octanol–water partition coefficient (Wildman–Crippen LogP) is 3.35. The van der Waals surface area contributed by atoms with Crippen LogP contribution in [0.4, 0.5) is 0 Å². The molecule has 1 aliphatic carbocycles. The molecule has 0 bridgehead atoms. The van der Waals surface area contributed by atoms with Crippen molar-refractivity contribution in [1.29, 1.82) is 0 Å². The summed E-state index contributed by atoms with van der Waals surface area (Å²) < 4.78 is 1.59. The lowest BCUT2D eigenvalue weighted by Crippen LogP contribution is -2.55. The van der Waals surface area contributed by atoms with Gasteiger partial charge in [-0.05, 0) is 44.0 Å². The molecular weight excluding hydrogens is 342 g/mol. The van der Waals surface area contributed by atoms with E-state index in [9.17, 15) is 14.7 Å². The molecule has 1 amide bonds. The van der Waals surface area contributed by atoms with Crippen LogP contribution in [-0.4, -0.2) is 32.3 Å². The molecule has 2 aromatic rings. The maximum absolute atomic E-state index is 12.7. The van der Waals surface area contributed by atoms with Crippen LogP contribution < -0.4 is 5.32 Å². The lowest BCUT2D eigenvalue weighted by molar-refractivity contribution is -0.145. The molecule has 0 atom stereocenters. The Bertz CT molecular complexity index is 792. The molecule has 1 aliphatic rings. The number of hydrogen-bond acceptors (Lipinski definition) is 3. The van der Waals surface area contributed by atoms with Crippen molar-refractivity contribution in [3.05, 3.63) is 46.7 Å². The molecule has 1 fully saturated rings. The molecule has 0 unspecified atom stereocenters. The van der Waals surface area contributed by atoms with Crippen LogP contribution in [0.25, 0.3) is 5.69 Å². The summed E-state index contributed by atoms with van der Waals surface area (Å²) in [7, 11) is 0. The Balaban J connectivity index is 1.85. The summed E-state index contributed by atoms with van der Waals surface area (Å²) in [5.74, 6) is -1.37. The normalized spacial score (nSPS) is 16.4. The molecule has 7 heteroatoms. The van der Waals surface area contributed by atoms with Gasteiger partial charge < -0.3 is 10.4 Å². The van der Waals surface area contributed by atoms with Gasteiger partial charge in [0.1, 0.15) is 5.54 Å². The van der Waals surface area contributed by atoms with Crippen LogP contribution in [0.15, 0.2) is 30.5 Å². The molecule has 0 radical (unpaired) electrons. The first kappa shape index (κ1) is 17.5. The minimum Gasteiger partial charge on any atom is -0.480 e. The number of halogens is 1. The van der Waals surface area contributed by atoms with Crippen molar-refractivity contribution in [3.8, 4) is 5.69 Å². The summed E-state index contributed by atoms with van der Waals surface area (Å²) >= 11 is 5.89. The zero-order valence-electron chi connectivity index (χ0n) is 14.0. The fraction of sp³-hybridized carbons (Fsp3) is 0.389. The Labute approximate surface area is 150 Å². The van der Waals surface area contributed by atoms with Gasteiger partial charge in [0.25, 0.3) is 5.91 Å². The number of amides is 1. The standard InChI is InChI=1S/C18H20ClN3O3/c1-12-15(11-22(21-12)14-7-5-13(19)6-8-14)16(23)20-18(17(24)25)9-3-2-4-10-18/h5-8,11H,2-4,9-10H2,1H3,(H,20,23)(H,24,25). The van der Waals surface area contributed by atoms with Gasteiger partial charge in [-0.25, -0.2) is 9.48 Å². The van der Waals surface area contributed by atoms with Crippen LogP contribution in [0.2, 0.25) is 5.02 Å². The van der Waals surface area contributed by atoms with Gasteiger partial charge in [0.15, 0.2) is 0 Å². The number of hydrogen-bond donors (Lipinski definition) is 2. The molecule has 1 aromatic carbocycles. The Kier molecular flexibility index (Phi) is 4.81. The van der Waals surface area contributed by atoms with E-state index in [1.165, 1.54) is 0 Å². The van der Waals surface area contributed by atoms with Gasteiger partial charge in [-0.3, -0.25) is 4.79 Å². The molecule has 3 rings (SSSR count). The number of carbonyl (C=O) groups excluding carboxylic acids is 1. The number of benzene rings is 1. The summed E-state index contributed by atoms with van der Waals surface area (Å²) in [6.45, 7) is 1.73. The molecule has 2 N–H and O–H groups in total. The van der Waals surface area contributed by atoms with E-state index in [4.69, 9.17) is 11.6 Å². The maximum Gasteiger partial charge on any atom is 0.329 e. The minimum atomic E-state index is -1.18. The van der Waals surface area contributed by atoms with E-state index in [-0.39, 0.29) is 0 Å². The second kappa shape index (κ2) is 6.88. The number of carbonyl (C=O) groups is 2. The molecule has 1 aromatic heterocycles. The predicted molar refractivity (Wildman–Crippen MR) is 94.2 cm³/mol. The molecule has 25 heavy (non-hydrogen) atoms. The number of carboxylic acid groups (broad SMARTS) is 1. The summed E-state index contributed by atoms with van der Waals surface area (Å²) in [5.41, 5.74) is 0.520. The molecule has 0 saturated heterocycles. The minimum absolute atomic E-state index is 0.376. The number of aryl methyl sites for hydroxylation is 1. The van der Waals surface area contributed by atoms with Crippen molar-refractivity contribution in [1.82, 2.24) is 15.1 Å². The molecule has 0 spiro atoms. The fourth-order valence-corrected chi connectivity index (χ4v) is 3.37.